The van der Waals surface area contributed by atoms with E-state index in [-0.39, 0.29) is 4.90 Å². The standard InChI is InChI=1S/C26H26N4O3S2/c1-3-30(4-2)35(31,32)24-15-13-21(14-16-24)25-19-34-26(28-25)29-27-18-20-9-8-12-23(17-20)33-22-10-6-5-7-11-22/h5-19H,3-4H2,1-2H3,(H,28,29)/b27-18+. The Morgan fingerprint density at radius 3 is 2.40 bits per heavy atom. The van der Waals surface area contributed by atoms with E-state index in [1.807, 2.05) is 73.8 Å². The van der Waals surface area contributed by atoms with E-state index in [9.17, 15) is 8.42 Å². The molecule has 1 heterocycles. The first-order chi connectivity index (χ1) is 17.0. The van der Waals surface area contributed by atoms with Gasteiger partial charge in [0.15, 0.2) is 0 Å². The molecule has 0 fully saturated rings. The van der Waals surface area contributed by atoms with Gasteiger partial charge in [-0.2, -0.15) is 9.41 Å². The summed E-state index contributed by atoms with van der Waals surface area (Å²) >= 11 is 1.42. The molecule has 1 N–H and O–H groups in total. The molecule has 3 aromatic carbocycles. The molecule has 35 heavy (non-hydrogen) atoms. The first-order valence-corrected chi connectivity index (χ1v) is 13.5. The average Bonchev–Trinajstić information content (AvgIpc) is 3.35. The quantitative estimate of drug-likeness (QED) is 0.208. The number of nitrogens with one attached hydrogen (secondary N) is 1. The fraction of sp³-hybridized carbons (Fsp3) is 0.154. The van der Waals surface area contributed by atoms with E-state index in [4.69, 9.17) is 4.74 Å². The van der Waals surface area contributed by atoms with Crippen molar-refractivity contribution < 1.29 is 13.2 Å². The maximum atomic E-state index is 12.7. The number of rotatable bonds is 10. The molecule has 0 radical (unpaired) electrons. The van der Waals surface area contributed by atoms with E-state index in [1.165, 1.54) is 15.6 Å². The maximum absolute atomic E-state index is 12.7. The minimum Gasteiger partial charge on any atom is -0.457 e. The molecule has 0 unspecified atom stereocenters. The lowest BCUT2D eigenvalue weighted by atomic mass is 10.2. The molecule has 9 heteroatoms. The Bertz CT molecular complexity index is 1380. The SMILES string of the molecule is CCN(CC)S(=O)(=O)c1ccc(-c2csc(N/N=C/c3cccc(Oc4ccccc4)c3)n2)cc1. The van der Waals surface area contributed by atoms with Crippen LogP contribution in [0, 0.1) is 0 Å². The van der Waals surface area contributed by atoms with Gasteiger partial charge in [-0.1, -0.05) is 56.3 Å². The second-order valence-corrected chi connectivity index (χ2v) is 10.3. The Kier molecular flexibility index (Phi) is 7.91. The summed E-state index contributed by atoms with van der Waals surface area (Å²) in [4.78, 5) is 4.83. The molecule has 180 valence electrons. The summed E-state index contributed by atoms with van der Waals surface area (Å²) in [5.74, 6) is 1.50. The third-order valence-electron chi connectivity index (χ3n) is 5.21. The Balaban J connectivity index is 1.39. The van der Waals surface area contributed by atoms with Crippen LogP contribution in [-0.4, -0.2) is 37.0 Å². The van der Waals surface area contributed by atoms with Crippen molar-refractivity contribution in [1.82, 2.24) is 9.29 Å². The lowest BCUT2D eigenvalue weighted by Gasteiger charge is -2.18. The molecule has 0 saturated heterocycles. The first kappa shape index (κ1) is 24.6. The van der Waals surface area contributed by atoms with Crippen LogP contribution in [0.25, 0.3) is 11.3 Å². The molecule has 0 aliphatic heterocycles. The predicted molar refractivity (Wildman–Crippen MR) is 142 cm³/mol. The van der Waals surface area contributed by atoms with Crippen molar-refractivity contribution in [1.29, 1.82) is 0 Å². The zero-order valence-corrected chi connectivity index (χ0v) is 21.1. The fourth-order valence-electron chi connectivity index (χ4n) is 3.41. The van der Waals surface area contributed by atoms with Crippen LogP contribution in [0.3, 0.4) is 0 Å². The summed E-state index contributed by atoms with van der Waals surface area (Å²) in [5.41, 5.74) is 5.42. The number of nitrogens with zero attached hydrogens (tertiary/aromatic N) is 3. The number of ether oxygens (including phenoxy) is 1. The molecule has 0 saturated carbocycles. The molecule has 0 atom stereocenters. The van der Waals surface area contributed by atoms with Crippen LogP contribution in [-0.2, 0) is 10.0 Å². The van der Waals surface area contributed by atoms with Crippen molar-refractivity contribution in [2.24, 2.45) is 5.10 Å². The van der Waals surface area contributed by atoms with E-state index in [2.05, 4.69) is 15.5 Å². The number of hydrogen-bond acceptors (Lipinski definition) is 7. The molecule has 4 rings (SSSR count). The monoisotopic (exact) mass is 506 g/mol. The number of para-hydroxylation sites is 1. The van der Waals surface area contributed by atoms with Gasteiger partial charge in [-0.25, -0.2) is 13.4 Å². The van der Waals surface area contributed by atoms with Gasteiger partial charge in [-0.05, 0) is 42.0 Å². The zero-order chi connectivity index (χ0) is 24.7. The van der Waals surface area contributed by atoms with Gasteiger partial charge in [0.25, 0.3) is 0 Å². The highest BCUT2D eigenvalue weighted by molar-refractivity contribution is 7.89. The third-order valence-corrected chi connectivity index (χ3v) is 8.02. The maximum Gasteiger partial charge on any atom is 0.243 e. The number of thiazole rings is 1. The minimum atomic E-state index is -3.48. The van der Waals surface area contributed by atoms with Crippen LogP contribution < -0.4 is 10.2 Å². The predicted octanol–water partition coefficient (Wildman–Crippen LogP) is 6.08. The van der Waals surface area contributed by atoms with Crippen molar-refractivity contribution in [2.75, 3.05) is 18.5 Å². The first-order valence-electron chi connectivity index (χ1n) is 11.2. The van der Waals surface area contributed by atoms with Crippen molar-refractivity contribution in [2.45, 2.75) is 18.7 Å². The molecule has 1 aromatic heterocycles. The van der Waals surface area contributed by atoms with Gasteiger partial charge in [-0.15, -0.1) is 11.3 Å². The van der Waals surface area contributed by atoms with Gasteiger partial charge in [0, 0.05) is 24.0 Å². The van der Waals surface area contributed by atoms with Crippen LogP contribution in [0.5, 0.6) is 11.5 Å². The number of sulfonamides is 1. The number of hydrazone groups is 1. The smallest absolute Gasteiger partial charge is 0.243 e. The van der Waals surface area contributed by atoms with Crippen molar-refractivity contribution in [3.05, 3.63) is 89.8 Å². The van der Waals surface area contributed by atoms with Crippen molar-refractivity contribution >= 4 is 32.7 Å². The highest BCUT2D eigenvalue weighted by Gasteiger charge is 2.21. The number of benzene rings is 3. The van der Waals surface area contributed by atoms with Gasteiger partial charge >= 0.3 is 0 Å². The molecule has 0 spiro atoms. The normalized spacial score (nSPS) is 11.7. The van der Waals surface area contributed by atoms with Crippen molar-refractivity contribution in [3.63, 3.8) is 0 Å². The van der Waals surface area contributed by atoms with Crippen LogP contribution in [0.2, 0.25) is 0 Å². The van der Waals surface area contributed by atoms with Gasteiger partial charge < -0.3 is 4.74 Å². The zero-order valence-electron chi connectivity index (χ0n) is 19.5. The summed E-state index contributed by atoms with van der Waals surface area (Å²) in [6.45, 7) is 4.53. The number of anilines is 1. The highest BCUT2D eigenvalue weighted by Crippen LogP contribution is 2.27. The summed E-state index contributed by atoms with van der Waals surface area (Å²) in [6.07, 6.45) is 1.70. The molecular weight excluding hydrogens is 480 g/mol. The lowest BCUT2D eigenvalue weighted by Crippen LogP contribution is -2.30. The third kappa shape index (κ3) is 6.13. The largest absolute Gasteiger partial charge is 0.457 e. The summed E-state index contributed by atoms with van der Waals surface area (Å²) in [6, 6.07) is 24.0. The summed E-state index contributed by atoms with van der Waals surface area (Å²) in [7, 11) is -3.48. The van der Waals surface area contributed by atoms with Crippen LogP contribution in [0.1, 0.15) is 19.4 Å². The number of hydrogen-bond donors (Lipinski definition) is 1. The number of aromatic nitrogens is 1. The minimum absolute atomic E-state index is 0.279. The van der Waals surface area contributed by atoms with Gasteiger partial charge in [-0.3, -0.25) is 5.43 Å². The Hall–Kier alpha value is -3.53. The molecule has 0 amide bonds. The summed E-state index contributed by atoms with van der Waals surface area (Å²) in [5, 5.41) is 6.82. The van der Waals surface area contributed by atoms with Gasteiger partial charge in [0.1, 0.15) is 11.5 Å². The van der Waals surface area contributed by atoms with E-state index >= 15 is 0 Å². The van der Waals surface area contributed by atoms with Gasteiger partial charge in [0.05, 0.1) is 16.8 Å². The fourth-order valence-corrected chi connectivity index (χ4v) is 5.54. The molecule has 0 bridgehead atoms. The second kappa shape index (κ2) is 11.3. The summed E-state index contributed by atoms with van der Waals surface area (Å²) < 4.78 is 32.6. The van der Waals surface area contributed by atoms with E-state index in [0.29, 0.717) is 18.2 Å². The highest BCUT2D eigenvalue weighted by atomic mass is 32.2. The Morgan fingerprint density at radius 1 is 0.971 bits per heavy atom. The van der Waals surface area contributed by atoms with Crippen molar-refractivity contribution in [3.8, 4) is 22.8 Å². The molecular formula is C26H26N4O3S2. The average molecular weight is 507 g/mol. The Morgan fingerprint density at radius 2 is 1.69 bits per heavy atom. The topological polar surface area (TPSA) is 83.9 Å². The van der Waals surface area contributed by atoms with Gasteiger partial charge in [0.2, 0.25) is 15.2 Å². The second-order valence-electron chi connectivity index (χ2n) is 7.51. The van der Waals surface area contributed by atoms with Crippen LogP contribution in [0.4, 0.5) is 5.13 Å². The van der Waals surface area contributed by atoms with E-state index in [0.717, 1.165) is 28.3 Å². The molecule has 7 nitrogen and oxygen atoms in total. The van der Waals surface area contributed by atoms with E-state index in [1.54, 1.807) is 30.5 Å². The Labute approximate surface area is 209 Å². The molecule has 0 aliphatic carbocycles. The lowest BCUT2D eigenvalue weighted by molar-refractivity contribution is 0.445. The van der Waals surface area contributed by atoms with Crippen LogP contribution in [0.15, 0.2) is 94.2 Å². The molecule has 0 aliphatic rings. The van der Waals surface area contributed by atoms with Crippen LogP contribution >= 0.6 is 11.3 Å². The molecule has 4 aromatic rings. The van der Waals surface area contributed by atoms with E-state index < -0.39 is 10.0 Å².